The number of anilines is 3. The molecule has 0 aliphatic heterocycles. The number of aromatic amines is 1. The van der Waals surface area contributed by atoms with E-state index in [0.717, 1.165) is 11.8 Å². The predicted molar refractivity (Wildman–Crippen MR) is 123 cm³/mol. The highest BCUT2D eigenvalue weighted by atomic mass is 32.2. The van der Waals surface area contributed by atoms with Crippen LogP contribution in [0.3, 0.4) is 0 Å². The number of H-pyrrole nitrogens is 1. The summed E-state index contributed by atoms with van der Waals surface area (Å²) in [5.74, 6) is -0.00700. The van der Waals surface area contributed by atoms with Gasteiger partial charge in [-0.1, -0.05) is 30.0 Å². The third-order valence-electron chi connectivity index (χ3n) is 4.22. The maximum atomic E-state index is 12.4. The molecule has 0 fully saturated rings. The zero-order valence-electron chi connectivity index (χ0n) is 17.3. The number of thioether (sulfide) groups is 1. The van der Waals surface area contributed by atoms with Gasteiger partial charge in [0.15, 0.2) is 11.0 Å². The van der Waals surface area contributed by atoms with Gasteiger partial charge in [0.05, 0.1) is 25.7 Å². The van der Waals surface area contributed by atoms with Crippen molar-refractivity contribution >= 4 is 40.8 Å². The summed E-state index contributed by atoms with van der Waals surface area (Å²) in [6.45, 7) is 0. The van der Waals surface area contributed by atoms with Gasteiger partial charge in [-0.2, -0.15) is 0 Å². The molecule has 1 heterocycles. The van der Waals surface area contributed by atoms with E-state index in [-0.39, 0.29) is 28.3 Å². The molecule has 0 aliphatic carbocycles. The van der Waals surface area contributed by atoms with Gasteiger partial charge in [-0.3, -0.25) is 19.4 Å². The SMILES string of the molecule is COc1ccc(NC(=O)CSc2nc(N)c(NC(=O)c3ccccc3)c(=O)[nH]2)c(OC)c1. The highest BCUT2D eigenvalue weighted by Gasteiger charge is 2.15. The molecule has 11 heteroatoms. The number of benzene rings is 2. The van der Waals surface area contributed by atoms with Crippen molar-refractivity contribution in [2.45, 2.75) is 5.16 Å². The Bertz CT molecular complexity index is 1180. The van der Waals surface area contributed by atoms with E-state index >= 15 is 0 Å². The number of amides is 2. The Morgan fingerprint density at radius 1 is 1.09 bits per heavy atom. The fraction of sp³-hybridized carbons (Fsp3) is 0.143. The Kier molecular flexibility index (Phi) is 7.34. The fourth-order valence-corrected chi connectivity index (χ4v) is 3.32. The van der Waals surface area contributed by atoms with Crippen LogP contribution in [0.1, 0.15) is 10.4 Å². The van der Waals surface area contributed by atoms with Crippen molar-refractivity contribution in [3.05, 3.63) is 64.4 Å². The molecule has 0 saturated carbocycles. The molecule has 32 heavy (non-hydrogen) atoms. The maximum Gasteiger partial charge on any atom is 0.277 e. The molecule has 0 bridgehead atoms. The number of ether oxygens (including phenoxy) is 2. The number of nitrogens with two attached hydrogens (primary N) is 1. The van der Waals surface area contributed by atoms with E-state index in [1.165, 1.54) is 14.2 Å². The summed E-state index contributed by atoms with van der Waals surface area (Å²) in [5, 5.41) is 5.32. The number of nitrogen functional groups attached to an aromatic ring is 1. The number of methoxy groups -OCH3 is 2. The highest BCUT2D eigenvalue weighted by Crippen LogP contribution is 2.29. The van der Waals surface area contributed by atoms with E-state index in [0.29, 0.717) is 22.7 Å². The molecule has 0 radical (unpaired) electrons. The van der Waals surface area contributed by atoms with Gasteiger partial charge in [0.1, 0.15) is 17.2 Å². The average Bonchev–Trinajstić information content (AvgIpc) is 2.80. The standard InChI is InChI=1S/C21H21N5O5S/c1-30-13-8-9-14(15(10-13)31-2)23-16(27)11-32-21-25-18(22)17(20(29)26-21)24-19(28)12-6-4-3-5-7-12/h3-10H,11H2,1-2H3,(H,23,27)(H,24,28)(H3,22,25,26,29). The van der Waals surface area contributed by atoms with Crippen molar-refractivity contribution < 1.29 is 19.1 Å². The van der Waals surface area contributed by atoms with Crippen LogP contribution in [0.25, 0.3) is 0 Å². The number of hydrogen-bond donors (Lipinski definition) is 4. The quantitative estimate of drug-likeness (QED) is 0.299. The molecule has 2 amide bonds. The third-order valence-corrected chi connectivity index (χ3v) is 5.10. The van der Waals surface area contributed by atoms with Gasteiger partial charge < -0.3 is 25.8 Å². The van der Waals surface area contributed by atoms with Gasteiger partial charge in [-0.05, 0) is 24.3 Å². The summed E-state index contributed by atoms with van der Waals surface area (Å²) >= 11 is 0.984. The second-order valence-corrected chi connectivity index (χ2v) is 7.32. The molecule has 0 atom stereocenters. The van der Waals surface area contributed by atoms with Crippen molar-refractivity contribution in [1.82, 2.24) is 9.97 Å². The molecule has 3 aromatic rings. The first-order chi connectivity index (χ1) is 15.4. The van der Waals surface area contributed by atoms with Crippen LogP contribution in [0, 0.1) is 0 Å². The number of carbonyl (C=O) groups excluding carboxylic acids is 2. The van der Waals surface area contributed by atoms with Crippen molar-refractivity contribution in [2.24, 2.45) is 0 Å². The topological polar surface area (TPSA) is 148 Å². The molecular formula is C21H21N5O5S. The first kappa shape index (κ1) is 22.7. The molecule has 0 spiro atoms. The van der Waals surface area contributed by atoms with Gasteiger partial charge >= 0.3 is 0 Å². The predicted octanol–water partition coefficient (Wildman–Crippen LogP) is 2.35. The van der Waals surface area contributed by atoms with Crippen molar-refractivity contribution in [3.63, 3.8) is 0 Å². The molecule has 3 rings (SSSR count). The summed E-state index contributed by atoms with van der Waals surface area (Å²) < 4.78 is 10.4. The molecular weight excluding hydrogens is 434 g/mol. The number of carbonyl (C=O) groups is 2. The molecule has 0 unspecified atom stereocenters. The number of nitrogens with one attached hydrogen (secondary N) is 3. The van der Waals surface area contributed by atoms with Crippen LogP contribution < -0.4 is 31.4 Å². The van der Waals surface area contributed by atoms with E-state index in [1.54, 1.807) is 48.5 Å². The molecule has 0 aliphatic rings. The van der Waals surface area contributed by atoms with Gasteiger partial charge in [-0.25, -0.2) is 4.98 Å². The lowest BCUT2D eigenvalue weighted by molar-refractivity contribution is -0.113. The summed E-state index contributed by atoms with van der Waals surface area (Å²) in [5.41, 5.74) is 5.92. The zero-order valence-corrected chi connectivity index (χ0v) is 18.1. The van der Waals surface area contributed by atoms with E-state index in [9.17, 15) is 14.4 Å². The first-order valence-electron chi connectivity index (χ1n) is 9.32. The summed E-state index contributed by atoms with van der Waals surface area (Å²) in [7, 11) is 3.01. The number of hydrogen-bond acceptors (Lipinski definition) is 8. The molecule has 0 saturated heterocycles. The first-order valence-corrected chi connectivity index (χ1v) is 10.3. The van der Waals surface area contributed by atoms with Crippen LogP contribution in [0.4, 0.5) is 17.2 Å². The van der Waals surface area contributed by atoms with Gasteiger partial charge in [0, 0.05) is 11.6 Å². The monoisotopic (exact) mass is 455 g/mol. The largest absolute Gasteiger partial charge is 0.497 e. The summed E-state index contributed by atoms with van der Waals surface area (Å²) in [6, 6.07) is 13.4. The highest BCUT2D eigenvalue weighted by molar-refractivity contribution is 7.99. The van der Waals surface area contributed by atoms with E-state index < -0.39 is 11.5 Å². The van der Waals surface area contributed by atoms with Gasteiger partial charge in [0.25, 0.3) is 11.5 Å². The summed E-state index contributed by atoms with van der Waals surface area (Å²) in [6.07, 6.45) is 0. The van der Waals surface area contributed by atoms with Crippen molar-refractivity contribution in [2.75, 3.05) is 36.3 Å². The van der Waals surface area contributed by atoms with Gasteiger partial charge in [-0.15, -0.1) is 0 Å². The molecule has 10 nitrogen and oxygen atoms in total. The Morgan fingerprint density at radius 3 is 2.50 bits per heavy atom. The second kappa shape index (κ2) is 10.4. The lowest BCUT2D eigenvalue weighted by Gasteiger charge is -2.11. The third kappa shape index (κ3) is 5.58. The average molecular weight is 455 g/mol. The summed E-state index contributed by atoms with van der Waals surface area (Å²) in [4.78, 5) is 43.5. The van der Waals surface area contributed by atoms with E-state index in [4.69, 9.17) is 15.2 Å². The smallest absolute Gasteiger partial charge is 0.277 e. The van der Waals surface area contributed by atoms with Crippen LogP contribution in [-0.4, -0.2) is 41.8 Å². The van der Waals surface area contributed by atoms with Crippen LogP contribution >= 0.6 is 11.8 Å². The molecule has 5 N–H and O–H groups in total. The Morgan fingerprint density at radius 2 is 1.84 bits per heavy atom. The molecule has 1 aromatic heterocycles. The minimum Gasteiger partial charge on any atom is -0.497 e. The lowest BCUT2D eigenvalue weighted by atomic mass is 10.2. The zero-order chi connectivity index (χ0) is 23.1. The van der Waals surface area contributed by atoms with Crippen LogP contribution in [-0.2, 0) is 4.79 Å². The van der Waals surface area contributed by atoms with Crippen LogP contribution in [0.5, 0.6) is 11.5 Å². The number of nitrogens with zero attached hydrogens (tertiary/aromatic N) is 1. The van der Waals surface area contributed by atoms with Crippen molar-refractivity contribution in [3.8, 4) is 11.5 Å². The Balaban J connectivity index is 1.64. The molecule has 2 aromatic carbocycles. The Labute approximate surface area is 187 Å². The normalized spacial score (nSPS) is 10.3. The number of rotatable bonds is 8. The van der Waals surface area contributed by atoms with E-state index in [1.807, 2.05) is 0 Å². The minimum absolute atomic E-state index is 0.0483. The van der Waals surface area contributed by atoms with E-state index in [2.05, 4.69) is 20.6 Å². The second-order valence-electron chi connectivity index (χ2n) is 6.35. The van der Waals surface area contributed by atoms with Gasteiger partial charge in [0.2, 0.25) is 5.91 Å². The Hall–Kier alpha value is -3.99. The number of aromatic nitrogens is 2. The van der Waals surface area contributed by atoms with Crippen LogP contribution in [0.2, 0.25) is 0 Å². The lowest BCUT2D eigenvalue weighted by Crippen LogP contribution is -2.23. The fourth-order valence-electron chi connectivity index (χ4n) is 2.66. The van der Waals surface area contributed by atoms with Crippen molar-refractivity contribution in [1.29, 1.82) is 0 Å². The van der Waals surface area contributed by atoms with Crippen LogP contribution in [0.15, 0.2) is 58.5 Å². The minimum atomic E-state index is -0.624. The maximum absolute atomic E-state index is 12.4. The molecule has 166 valence electrons.